The maximum atomic E-state index is 11.5. The quantitative estimate of drug-likeness (QED) is 0.706. The number of carbonyl (C=O) groups excluding carboxylic acids is 1. The largest absolute Gasteiger partial charge is 0.367 e. The Morgan fingerprint density at radius 1 is 1.33 bits per heavy atom. The number of hydrogen-bond donors (Lipinski definition) is 2. The Bertz CT molecular complexity index is 899. The zero-order valence-electron chi connectivity index (χ0n) is 13.5. The van der Waals surface area contributed by atoms with Crippen LogP contribution in [0.1, 0.15) is 13.8 Å². The van der Waals surface area contributed by atoms with Crippen molar-refractivity contribution in [2.45, 2.75) is 19.9 Å². The highest BCUT2D eigenvalue weighted by Gasteiger charge is 2.09. The lowest BCUT2D eigenvalue weighted by molar-refractivity contribution is -0.111. The number of benzene rings is 1. The lowest BCUT2D eigenvalue weighted by atomic mass is 10.2. The molecule has 122 valence electrons. The van der Waals surface area contributed by atoms with Gasteiger partial charge in [0.05, 0.1) is 23.4 Å². The summed E-state index contributed by atoms with van der Waals surface area (Å²) in [6.45, 7) is 7.53. The summed E-state index contributed by atoms with van der Waals surface area (Å²) in [5.41, 5.74) is 2.29. The van der Waals surface area contributed by atoms with Crippen LogP contribution in [0.15, 0.2) is 49.6 Å². The Kier molecular flexibility index (Phi) is 4.24. The van der Waals surface area contributed by atoms with Gasteiger partial charge in [-0.2, -0.15) is 0 Å². The van der Waals surface area contributed by atoms with E-state index in [1.54, 1.807) is 24.8 Å². The summed E-state index contributed by atoms with van der Waals surface area (Å²) < 4.78 is 1.83. The first-order valence-electron chi connectivity index (χ1n) is 7.56. The van der Waals surface area contributed by atoms with Crippen LogP contribution in [0.3, 0.4) is 0 Å². The van der Waals surface area contributed by atoms with Crippen LogP contribution >= 0.6 is 0 Å². The topological polar surface area (TPSA) is 84.7 Å². The molecule has 2 N–H and O–H groups in total. The lowest BCUT2D eigenvalue weighted by Gasteiger charge is -2.10. The average molecular weight is 322 g/mol. The zero-order chi connectivity index (χ0) is 17.1. The summed E-state index contributed by atoms with van der Waals surface area (Å²) in [5.74, 6) is 1.08. The second-order valence-corrected chi connectivity index (χ2v) is 5.57. The Hall–Kier alpha value is -3.22. The molecule has 0 atom stereocenters. The molecule has 0 spiro atoms. The predicted molar refractivity (Wildman–Crippen MR) is 94.2 cm³/mol. The van der Waals surface area contributed by atoms with E-state index in [0.717, 1.165) is 11.0 Å². The average Bonchev–Trinajstić information content (AvgIpc) is 2.97. The minimum Gasteiger partial charge on any atom is -0.367 e. The standard InChI is InChI=1S/C17H18N6O/c1-4-17(24)21-12-5-6-13-14(7-12)23(10-19-13)16-9-18-8-15(22-16)20-11(2)3/h4-11H,1H2,2-3H3,(H,20,22)(H,21,24). The van der Waals surface area contributed by atoms with E-state index in [2.05, 4.69) is 32.2 Å². The van der Waals surface area contributed by atoms with Crippen LogP contribution in [0.25, 0.3) is 16.9 Å². The normalized spacial score (nSPS) is 10.8. The van der Waals surface area contributed by atoms with Crippen molar-refractivity contribution in [3.05, 3.63) is 49.6 Å². The third kappa shape index (κ3) is 3.24. The van der Waals surface area contributed by atoms with Crippen molar-refractivity contribution in [3.63, 3.8) is 0 Å². The molecule has 0 bridgehead atoms. The molecule has 7 nitrogen and oxygen atoms in total. The molecule has 2 aromatic heterocycles. The number of aromatic nitrogens is 4. The Morgan fingerprint density at radius 3 is 2.92 bits per heavy atom. The molecule has 7 heteroatoms. The summed E-state index contributed by atoms with van der Waals surface area (Å²) in [7, 11) is 0. The van der Waals surface area contributed by atoms with Gasteiger partial charge in [0.1, 0.15) is 12.1 Å². The second kappa shape index (κ2) is 6.49. The van der Waals surface area contributed by atoms with Crippen molar-refractivity contribution >= 4 is 28.4 Å². The molecule has 1 amide bonds. The second-order valence-electron chi connectivity index (χ2n) is 5.57. The maximum absolute atomic E-state index is 11.5. The fraction of sp³-hybridized carbons (Fsp3) is 0.176. The van der Waals surface area contributed by atoms with Gasteiger partial charge in [-0.25, -0.2) is 9.97 Å². The number of hydrogen-bond acceptors (Lipinski definition) is 5. The molecule has 0 aliphatic heterocycles. The van der Waals surface area contributed by atoms with E-state index in [1.165, 1.54) is 6.08 Å². The summed E-state index contributed by atoms with van der Waals surface area (Å²) in [5, 5.41) is 5.97. The third-order valence-electron chi connectivity index (χ3n) is 3.31. The van der Waals surface area contributed by atoms with Gasteiger partial charge in [-0.15, -0.1) is 0 Å². The van der Waals surface area contributed by atoms with E-state index < -0.39 is 0 Å². The van der Waals surface area contributed by atoms with Crippen molar-refractivity contribution in [1.82, 2.24) is 19.5 Å². The van der Waals surface area contributed by atoms with E-state index in [4.69, 9.17) is 0 Å². The molecular weight excluding hydrogens is 304 g/mol. The maximum Gasteiger partial charge on any atom is 0.247 e. The van der Waals surface area contributed by atoms with Gasteiger partial charge < -0.3 is 10.6 Å². The van der Waals surface area contributed by atoms with Crippen LogP contribution in [0, 0.1) is 0 Å². The van der Waals surface area contributed by atoms with E-state index >= 15 is 0 Å². The molecule has 0 radical (unpaired) electrons. The predicted octanol–water partition coefficient (Wildman–Crippen LogP) is 2.76. The van der Waals surface area contributed by atoms with Gasteiger partial charge in [-0.1, -0.05) is 6.58 Å². The zero-order valence-corrected chi connectivity index (χ0v) is 13.5. The first-order valence-corrected chi connectivity index (χ1v) is 7.56. The van der Waals surface area contributed by atoms with E-state index in [-0.39, 0.29) is 11.9 Å². The Balaban J connectivity index is 2.01. The van der Waals surface area contributed by atoms with Crippen LogP contribution in [0.2, 0.25) is 0 Å². The van der Waals surface area contributed by atoms with Gasteiger partial charge in [-0.05, 0) is 38.1 Å². The number of nitrogens with zero attached hydrogens (tertiary/aromatic N) is 4. The number of nitrogens with one attached hydrogen (secondary N) is 2. The molecule has 0 aliphatic carbocycles. The van der Waals surface area contributed by atoms with Crippen LogP contribution in [-0.4, -0.2) is 31.5 Å². The molecule has 3 aromatic rings. The minimum atomic E-state index is -0.261. The molecule has 0 unspecified atom stereocenters. The number of anilines is 2. The Labute approximate surface area is 139 Å². The first-order chi connectivity index (χ1) is 11.6. The van der Waals surface area contributed by atoms with E-state index in [1.807, 2.05) is 30.5 Å². The van der Waals surface area contributed by atoms with Crippen molar-refractivity contribution in [2.24, 2.45) is 0 Å². The molecule has 3 rings (SSSR count). The number of amides is 1. The van der Waals surface area contributed by atoms with Gasteiger partial charge in [0, 0.05) is 11.7 Å². The van der Waals surface area contributed by atoms with E-state index in [0.29, 0.717) is 17.3 Å². The van der Waals surface area contributed by atoms with Gasteiger partial charge in [0.15, 0.2) is 5.82 Å². The van der Waals surface area contributed by atoms with Gasteiger partial charge in [-0.3, -0.25) is 14.3 Å². The fourth-order valence-corrected chi connectivity index (χ4v) is 2.30. The number of fused-ring (bicyclic) bond motifs is 1. The highest BCUT2D eigenvalue weighted by atomic mass is 16.1. The lowest BCUT2D eigenvalue weighted by Crippen LogP contribution is -2.12. The molecule has 2 heterocycles. The molecule has 0 aliphatic rings. The summed E-state index contributed by atoms with van der Waals surface area (Å²) in [6, 6.07) is 5.74. The number of carbonyl (C=O) groups is 1. The van der Waals surface area contributed by atoms with Crippen LogP contribution in [0.5, 0.6) is 0 Å². The van der Waals surface area contributed by atoms with E-state index in [9.17, 15) is 4.79 Å². The highest BCUT2D eigenvalue weighted by Crippen LogP contribution is 2.21. The molecular formula is C17H18N6O. The molecule has 0 saturated carbocycles. The molecule has 0 saturated heterocycles. The summed E-state index contributed by atoms with van der Waals surface area (Å²) in [4.78, 5) is 24.6. The van der Waals surface area contributed by atoms with Gasteiger partial charge in [0.25, 0.3) is 0 Å². The highest BCUT2D eigenvalue weighted by molar-refractivity contribution is 6.00. The smallest absolute Gasteiger partial charge is 0.247 e. The summed E-state index contributed by atoms with van der Waals surface area (Å²) in [6.07, 6.45) is 6.26. The monoisotopic (exact) mass is 322 g/mol. The van der Waals surface area contributed by atoms with Crippen LogP contribution < -0.4 is 10.6 Å². The fourth-order valence-electron chi connectivity index (χ4n) is 2.30. The van der Waals surface area contributed by atoms with Crippen molar-refractivity contribution in [3.8, 4) is 5.82 Å². The minimum absolute atomic E-state index is 0.259. The molecule has 1 aromatic carbocycles. The van der Waals surface area contributed by atoms with Crippen LogP contribution in [0.4, 0.5) is 11.5 Å². The Morgan fingerprint density at radius 2 is 2.17 bits per heavy atom. The summed E-state index contributed by atoms with van der Waals surface area (Å²) >= 11 is 0. The van der Waals surface area contributed by atoms with Crippen molar-refractivity contribution in [1.29, 1.82) is 0 Å². The van der Waals surface area contributed by atoms with Crippen LogP contribution in [-0.2, 0) is 4.79 Å². The SMILES string of the molecule is C=CC(=O)Nc1ccc2ncn(-c3cncc(NC(C)C)n3)c2c1. The van der Waals surface area contributed by atoms with Crippen molar-refractivity contribution in [2.75, 3.05) is 10.6 Å². The van der Waals surface area contributed by atoms with Crippen molar-refractivity contribution < 1.29 is 4.79 Å². The number of imidazole rings is 1. The number of rotatable bonds is 5. The van der Waals surface area contributed by atoms with Gasteiger partial charge in [0.2, 0.25) is 5.91 Å². The van der Waals surface area contributed by atoms with Gasteiger partial charge >= 0.3 is 0 Å². The molecule has 0 fully saturated rings. The first kappa shape index (κ1) is 15.7. The third-order valence-corrected chi connectivity index (χ3v) is 3.31. The molecule has 24 heavy (non-hydrogen) atoms.